The number of benzene rings is 1. The first-order chi connectivity index (χ1) is 14.3. The summed E-state index contributed by atoms with van der Waals surface area (Å²) in [5, 5.41) is 16.2. The fraction of sp³-hybridized carbons (Fsp3) is 0.190. The number of urea groups is 1. The van der Waals surface area contributed by atoms with Crippen LogP contribution in [-0.2, 0) is 11.3 Å². The molecule has 0 fully saturated rings. The van der Waals surface area contributed by atoms with Crippen molar-refractivity contribution in [2.75, 3.05) is 5.32 Å². The lowest BCUT2D eigenvalue weighted by Gasteiger charge is -2.18. The molecule has 3 aromatic rings. The number of aliphatic carboxylic acids is 1. The average molecular weight is 447 g/mol. The quantitative estimate of drug-likeness (QED) is 0.471. The Hall–Kier alpha value is -3.10. The minimum atomic E-state index is -1.04. The van der Waals surface area contributed by atoms with E-state index in [-0.39, 0.29) is 17.7 Å². The Labute approximate surface area is 180 Å². The van der Waals surface area contributed by atoms with E-state index in [1.807, 2.05) is 36.6 Å². The second-order valence-corrected chi connectivity index (χ2v) is 9.12. The number of nitrogens with one attached hydrogen (secondary N) is 2. The molecule has 0 radical (unpaired) electrons. The van der Waals surface area contributed by atoms with Crippen LogP contribution in [0.3, 0.4) is 0 Å². The summed E-state index contributed by atoms with van der Waals surface area (Å²) in [7, 11) is 5.67. The summed E-state index contributed by atoms with van der Waals surface area (Å²) in [6, 6.07) is 12.7. The van der Waals surface area contributed by atoms with Gasteiger partial charge in [0.1, 0.15) is 12.2 Å². The molecular formula is C21H21ClN3O4S+. The average Bonchev–Trinajstić information content (AvgIpc) is 3.09. The number of carbonyl (C=O) groups excluding carboxylic acids is 1. The van der Waals surface area contributed by atoms with E-state index < -0.39 is 27.7 Å². The molecule has 0 aliphatic heterocycles. The molecular weight excluding hydrogens is 426 g/mol. The minimum Gasteiger partial charge on any atom is -0.481 e. The van der Waals surface area contributed by atoms with Crippen molar-refractivity contribution in [1.82, 2.24) is 9.88 Å². The molecule has 156 valence electrons. The number of carboxylic acids is 1. The lowest BCUT2D eigenvalue weighted by molar-refractivity contribution is -0.137. The predicted octanol–water partition coefficient (Wildman–Crippen LogP) is 4.29. The summed E-state index contributed by atoms with van der Waals surface area (Å²) in [4.78, 5) is 37.3. The molecule has 2 aromatic heterocycles. The molecule has 0 aliphatic rings. The second-order valence-electron chi connectivity index (χ2n) is 6.76. The molecule has 0 bridgehead atoms. The number of anilines is 1. The Kier molecular flexibility index (Phi) is 6.91. The first-order valence-corrected chi connectivity index (χ1v) is 11.3. The summed E-state index contributed by atoms with van der Waals surface area (Å²) >= 11 is 0. The van der Waals surface area contributed by atoms with Crippen molar-refractivity contribution in [3.05, 3.63) is 86.5 Å². The molecule has 7 nitrogen and oxygen atoms in total. The smallest absolute Gasteiger partial charge is 0.319 e. The normalized spacial score (nSPS) is 12.3. The van der Waals surface area contributed by atoms with Crippen LogP contribution in [0.5, 0.6) is 0 Å². The van der Waals surface area contributed by atoms with Crippen molar-refractivity contribution < 1.29 is 14.7 Å². The molecule has 30 heavy (non-hydrogen) atoms. The van der Waals surface area contributed by atoms with E-state index in [2.05, 4.69) is 10.6 Å². The Balaban J connectivity index is 1.75. The van der Waals surface area contributed by atoms with E-state index in [1.165, 1.54) is 10.6 Å². The van der Waals surface area contributed by atoms with Crippen LogP contribution in [0.1, 0.15) is 28.5 Å². The Morgan fingerprint density at radius 1 is 1.17 bits per heavy atom. The van der Waals surface area contributed by atoms with Gasteiger partial charge in [-0.1, -0.05) is 29.8 Å². The van der Waals surface area contributed by atoms with E-state index in [4.69, 9.17) is 10.7 Å². The molecule has 0 spiro atoms. The van der Waals surface area contributed by atoms with E-state index in [0.29, 0.717) is 12.1 Å². The maximum atomic E-state index is 12.7. The molecule has 1 aromatic carbocycles. The Bertz CT molecular complexity index is 1110. The molecule has 1 unspecified atom stereocenters. The van der Waals surface area contributed by atoms with Crippen LogP contribution in [0.15, 0.2) is 64.9 Å². The topological polar surface area (TPSA) is 100 Å². The molecule has 9 heteroatoms. The highest BCUT2D eigenvalue weighted by atomic mass is 35.7. The van der Waals surface area contributed by atoms with Gasteiger partial charge in [0.15, 0.2) is 10.3 Å². The van der Waals surface area contributed by atoms with Crippen LogP contribution < -0.4 is 16.2 Å². The molecule has 0 saturated carbocycles. The highest BCUT2D eigenvalue weighted by molar-refractivity contribution is 7.61. The van der Waals surface area contributed by atoms with Gasteiger partial charge < -0.3 is 20.3 Å². The predicted molar refractivity (Wildman–Crippen MR) is 118 cm³/mol. The molecule has 3 rings (SSSR count). The van der Waals surface area contributed by atoms with Gasteiger partial charge >= 0.3 is 12.0 Å². The number of carbonyl (C=O) groups is 2. The maximum Gasteiger partial charge on any atom is 0.319 e. The van der Waals surface area contributed by atoms with Crippen LogP contribution in [0.2, 0.25) is 0 Å². The molecule has 2 atom stereocenters. The van der Waals surface area contributed by atoms with Crippen LogP contribution in [0.25, 0.3) is 0 Å². The van der Waals surface area contributed by atoms with Crippen molar-refractivity contribution in [3.63, 3.8) is 0 Å². The lowest BCUT2D eigenvalue weighted by atomic mass is 10.0. The third kappa shape index (κ3) is 5.49. The number of hydrogen-bond donors (Lipinski definition) is 3. The van der Waals surface area contributed by atoms with E-state index in [9.17, 15) is 19.5 Å². The van der Waals surface area contributed by atoms with Crippen molar-refractivity contribution in [1.29, 1.82) is 0 Å². The lowest BCUT2D eigenvalue weighted by Crippen LogP contribution is -2.36. The number of nitrogens with zero attached hydrogens (tertiary/aromatic N) is 1. The van der Waals surface area contributed by atoms with Gasteiger partial charge in [-0.05, 0) is 30.7 Å². The molecule has 0 saturated heterocycles. The minimum absolute atomic E-state index is 0.0917. The molecule has 3 N–H and O–H groups in total. The van der Waals surface area contributed by atoms with Crippen LogP contribution in [0, 0.1) is 6.92 Å². The number of hydrogen-bond acceptors (Lipinski definition) is 3. The number of pyridine rings is 1. The van der Waals surface area contributed by atoms with E-state index in [1.54, 1.807) is 24.4 Å². The van der Waals surface area contributed by atoms with Gasteiger partial charge in [0, 0.05) is 12.3 Å². The Morgan fingerprint density at radius 2 is 1.90 bits per heavy atom. The van der Waals surface area contributed by atoms with Gasteiger partial charge in [0.05, 0.1) is 22.1 Å². The van der Waals surface area contributed by atoms with Gasteiger partial charge in [-0.2, -0.15) is 0 Å². The van der Waals surface area contributed by atoms with Crippen LogP contribution >= 0.6 is 20.4 Å². The van der Waals surface area contributed by atoms with Crippen LogP contribution in [0.4, 0.5) is 10.5 Å². The number of aromatic nitrogens is 1. The number of rotatable bonds is 7. The summed E-state index contributed by atoms with van der Waals surface area (Å²) in [6.07, 6.45) is 1.34. The SMILES string of the molecule is Cc1ccc([C@H](CC(=O)O)NC(=O)Nc2cccn(Cc3ccc[s+]3Cl)c2=O)cc1. The molecule has 2 heterocycles. The first kappa shape index (κ1) is 21.6. The van der Waals surface area contributed by atoms with Crippen molar-refractivity contribution in [2.24, 2.45) is 0 Å². The number of halogens is 1. The third-order valence-corrected chi connectivity index (χ3v) is 6.55. The molecule has 2 amide bonds. The Morgan fingerprint density at radius 3 is 2.53 bits per heavy atom. The van der Waals surface area contributed by atoms with Crippen molar-refractivity contribution >= 4 is 38.1 Å². The zero-order valence-corrected chi connectivity index (χ0v) is 17.7. The van der Waals surface area contributed by atoms with Crippen LogP contribution in [-0.4, -0.2) is 21.7 Å². The highest BCUT2D eigenvalue weighted by Gasteiger charge is 2.19. The van der Waals surface area contributed by atoms with E-state index in [0.717, 1.165) is 10.4 Å². The zero-order valence-electron chi connectivity index (χ0n) is 16.2. The van der Waals surface area contributed by atoms with Gasteiger partial charge in [0.2, 0.25) is 10.7 Å². The standard InChI is InChI=1S/C21H20ClN3O4S/c1-14-6-8-15(9-7-14)18(12-19(26)27)24-21(29)23-17-5-2-10-25(20(17)28)13-16-4-3-11-30(16)22/h2-11,18H,12-13H2,1H3,(H2-,23,24,26,27,29)/p+1/t18-,30?/m0/s1. The third-order valence-electron chi connectivity index (χ3n) is 4.49. The highest BCUT2D eigenvalue weighted by Crippen LogP contribution is 2.29. The number of thiophene rings is 1. The summed E-state index contributed by atoms with van der Waals surface area (Å²) < 4.78 is 1.46. The fourth-order valence-corrected chi connectivity index (χ4v) is 4.29. The molecule has 0 aliphatic carbocycles. The largest absolute Gasteiger partial charge is 0.481 e. The summed E-state index contributed by atoms with van der Waals surface area (Å²) in [6.45, 7) is 2.24. The number of aryl methyl sites for hydroxylation is 1. The van der Waals surface area contributed by atoms with Gasteiger partial charge in [-0.15, -0.1) is 0 Å². The van der Waals surface area contributed by atoms with Gasteiger partial charge in [-0.3, -0.25) is 9.59 Å². The number of carboxylic acid groups (broad SMARTS) is 1. The monoisotopic (exact) mass is 446 g/mol. The fourth-order valence-electron chi connectivity index (χ4n) is 2.95. The second kappa shape index (κ2) is 9.60. The zero-order chi connectivity index (χ0) is 21.7. The van der Waals surface area contributed by atoms with Gasteiger partial charge in [0.25, 0.3) is 5.56 Å². The summed E-state index contributed by atoms with van der Waals surface area (Å²) in [5.74, 6) is -1.04. The maximum absolute atomic E-state index is 12.7. The first-order valence-electron chi connectivity index (χ1n) is 9.15. The number of amides is 2. The van der Waals surface area contributed by atoms with E-state index >= 15 is 0 Å². The van der Waals surface area contributed by atoms with Crippen molar-refractivity contribution in [2.45, 2.75) is 25.9 Å². The van der Waals surface area contributed by atoms with Crippen molar-refractivity contribution in [3.8, 4) is 0 Å². The summed E-state index contributed by atoms with van der Waals surface area (Å²) in [5.41, 5.74) is 1.40. The van der Waals surface area contributed by atoms with Gasteiger partial charge in [-0.25, -0.2) is 4.79 Å².